The van der Waals surface area contributed by atoms with Crippen molar-refractivity contribution in [3.63, 3.8) is 0 Å². The van der Waals surface area contributed by atoms with Gasteiger partial charge in [0.15, 0.2) is 0 Å². The molecule has 0 aliphatic carbocycles. The number of aliphatic hydroxyl groups excluding tert-OH is 1. The summed E-state index contributed by atoms with van der Waals surface area (Å²) in [5.74, 6) is -0.717. The maximum atomic E-state index is 12.7. The summed E-state index contributed by atoms with van der Waals surface area (Å²) >= 11 is 0. The van der Waals surface area contributed by atoms with Crippen molar-refractivity contribution >= 4 is 27.3 Å². The second-order valence-electron chi connectivity index (χ2n) is 6.38. The molecule has 0 unspecified atom stereocenters. The number of nitro benzene ring substituents is 1. The summed E-state index contributed by atoms with van der Waals surface area (Å²) in [5.41, 5.74) is 4.91. The molecule has 0 spiro atoms. The normalized spacial score (nSPS) is 24.1. The van der Waals surface area contributed by atoms with Gasteiger partial charge in [-0.05, 0) is 12.1 Å². The van der Waals surface area contributed by atoms with E-state index in [4.69, 9.17) is 10.5 Å². The van der Waals surface area contributed by atoms with Crippen molar-refractivity contribution in [1.82, 2.24) is 4.31 Å². The van der Waals surface area contributed by atoms with Crippen molar-refractivity contribution in [2.45, 2.75) is 23.5 Å². The standard InChI is InChI=1S/C15H20N4O7S/c16-15(21)14-7-10(20)9-18(14)12-2-1-11(8-13(12)19(22)23)27(24,25)17-3-5-26-6-4-17/h1-2,8,10,14,20H,3-7,9H2,(H2,16,21)/t10-,14+/m1/s1. The number of morpholine rings is 1. The summed E-state index contributed by atoms with van der Waals surface area (Å²) in [7, 11) is -3.91. The van der Waals surface area contributed by atoms with Crippen molar-refractivity contribution in [1.29, 1.82) is 0 Å². The van der Waals surface area contributed by atoms with E-state index in [2.05, 4.69) is 0 Å². The van der Waals surface area contributed by atoms with Gasteiger partial charge in [-0.15, -0.1) is 0 Å². The molecule has 12 heteroatoms. The van der Waals surface area contributed by atoms with Gasteiger partial charge in [-0.1, -0.05) is 0 Å². The molecule has 2 saturated heterocycles. The summed E-state index contributed by atoms with van der Waals surface area (Å²) < 4.78 is 31.8. The van der Waals surface area contributed by atoms with Crippen LogP contribution in [0, 0.1) is 10.1 Å². The van der Waals surface area contributed by atoms with Gasteiger partial charge in [0, 0.05) is 32.1 Å². The van der Waals surface area contributed by atoms with Crippen LogP contribution in [0.3, 0.4) is 0 Å². The average molecular weight is 400 g/mol. The molecule has 27 heavy (non-hydrogen) atoms. The van der Waals surface area contributed by atoms with Crippen molar-refractivity contribution < 1.29 is 28.0 Å². The van der Waals surface area contributed by atoms with Crippen LogP contribution < -0.4 is 10.6 Å². The van der Waals surface area contributed by atoms with E-state index in [1.165, 1.54) is 21.3 Å². The summed E-state index contributed by atoms with van der Waals surface area (Å²) in [6.45, 7) is 0.834. The van der Waals surface area contributed by atoms with Gasteiger partial charge < -0.3 is 20.5 Å². The molecule has 11 nitrogen and oxygen atoms in total. The van der Waals surface area contributed by atoms with Crippen molar-refractivity contribution in [2.24, 2.45) is 5.73 Å². The molecule has 0 radical (unpaired) electrons. The zero-order valence-corrected chi connectivity index (χ0v) is 15.2. The Balaban J connectivity index is 2.01. The molecule has 2 fully saturated rings. The number of nitro groups is 1. The van der Waals surface area contributed by atoms with E-state index in [-0.39, 0.29) is 49.9 Å². The number of amides is 1. The number of aliphatic hydroxyl groups is 1. The monoisotopic (exact) mass is 400 g/mol. The molecule has 3 rings (SSSR count). The van der Waals surface area contributed by atoms with E-state index in [0.717, 1.165) is 6.07 Å². The smallest absolute Gasteiger partial charge is 0.293 e. The number of rotatable bonds is 5. The van der Waals surface area contributed by atoms with E-state index >= 15 is 0 Å². The first kappa shape index (κ1) is 19.5. The highest BCUT2D eigenvalue weighted by atomic mass is 32.2. The number of benzene rings is 1. The summed E-state index contributed by atoms with van der Waals surface area (Å²) in [4.78, 5) is 23.6. The molecule has 0 bridgehead atoms. The predicted octanol–water partition coefficient (Wildman–Crippen LogP) is -0.959. The Hall–Kier alpha value is -2.28. The molecule has 2 aliphatic rings. The van der Waals surface area contributed by atoms with Crippen molar-refractivity contribution in [3.8, 4) is 0 Å². The Morgan fingerprint density at radius 2 is 2.00 bits per heavy atom. The molecular formula is C15H20N4O7S. The fourth-order valence-electron chi connectivity index (χ4n) is 3.34. The van der Waals surface area contributed by atoms with Crippen LogP contribution in [0.2, 0.25) is 0 Å². The molecule has 1 aromatic carbocycles. The first-order valence-corrected chi connectivity index (χ1v) is 9.76. The van der Waals surface area contributed by atoms with Crippen LogP contribution in [0.4, 0.5) is 11.4 Å². The van der Waals surface area contributed by atoms with Crippen LogP contribution in [-0.4, -0.2) is 73.7 Å². The molecule has 148 valence electrons. The lowest BCUT2D eigenvalue weighted by molar-refractivity contribution is -0.384. The van der Waals surface area contributed by atoms with Crippen LogP contribution in [0.1, 0.15) is 6.42 Å². The van der Waals surface area contributed by atoms with Crippen LogP contribution >= 0.6 is 0 Å². The van der Waals surface area contributed by atoms with Crippen LogP contribution in [0.25, 0.3) is 0 Å². The number of β-amino-alcohol motifs (C(OH)–C–C–N with tert-alkyl or cyclic N) is 1. The number of hydrogen-bond donors (Lipinski definition) is 2. The third-order valence-electron chi connectivity index (χ3n) is 4.67. The van der Waals surface area contributed by atoms with Gasteiger partial charge in [-0.25, -0.2) is 8.42 Å². The third-order valence-corrected chi connectivity index (χ3v) is 6.56. The second-order valence-corrected chi connectivity index (χ2v) is 8.32. The van der Waals surface area contributed by atoms with E-state index < -0.39 is 38.7 Å². The zero-order chi connectivity index (χ0) is 19.8. The topological polar surface area (TPSA) is 156 Å². The Labute approximate surface area is 155 Å². The molecule has 0 aromatic heterocycles. The molecule has 1 amide bonds. The first-order chi connectivity index (χ1) is 12.7. The lowest BCUT2D eigenvalue weighted by atomic mass is 10.1. The molecule has 2 aliphatic heterocycles. The lowest BCUT2D eigenvalue weighted by Gasteiger charge is -2.27. The maximum Gasteiger partial charge on any atom is 0.293 e. The number of anilines is 1. The quantitative estimate of drug-likeness (QED) is 0.473. The largest absolute Gasteiger partial charge is 0.391 e. The summed E-state index contributed by atoms with van der Waals surface area (Å²) in [6.07, 6.45) is -0.806. The highest BCUT2D eigenvalue weighted by Gasteiger charge is 2.38. The number of hydrogen-bond acceptors (Lipinski definition) is 8. The molecular weight excluding hydrogens is 380 g/mol. The van der Waals surface area contributed by atoms with Crippen molar-refractivity contribution in [2.75, 3.05) is 37.7 Å². The molecule has 2 heterocycles. The second kappa shape index (κ2) is 7.38. The minimum atomic E-state index is -3.91. The third kappa shape index (κ3) is 3.74. The Morgan fingerprint density at radius 1 is 1.33 bits per heavy atom. The van der Waals surface area contributed by atoms with Gasteiger partial charge in [0.05, 0.1) is 29.1 Å². The minimum Gasteiger partial charge on any atom is -0.391 e. The van der Waals surface area contributed by atoms with E-state index in [9.17, 15) is 28.4 Å². The Kier molecular flexibility index (Phi) is 5.33. The molecule has 3 N–H and O–H groups in total. The zero-order valence-electron chi connectivity index (χ0n) is 14.4. The Bertz CT molecular complexity index is 854. The van der Waals surface area contributed by atoms with Gasteiger partial charge in [-0.2, -0.15) is 4.31 Å². The predicted molar refractivity (Wildman–Crippen MR) is 93.6 cm³/mol. The number of sulfonamides is 1. The van der Waals surface area contributed by atoms with E-state index in [0.29, 0.717) is 0 Å². The van der Waals surface area contributed by atoms with Crippen molar-refractivity contribution in [3.05, 3.63) is 28.3 Å². The van der Waals surface area contributed by atoms with Crippen LogP contribution in [-0.2, 0) is 19.6 Å². The van der Waals surface area contributed by atoms with Gasteiger partial charge in [-0.3, -0.25) is 14.9 Å². The number of nitrogens with two attached hydrogens (primary N) is 1. The van der Waals surface area contributed by atoms with Gasteiger partial charge in [0.2, 0.25) is 15.9 Å². The summed E-state index contributed by atoms with van der Waals surface area (Å²) in [5, 5.41) is 21.4. The number of primary amides is 1. The Morgan fingerprint density at radius 3 is 2.59 bits per heavy atom. The fraction of sp³-hybridized carbons (Fsp3) is 0.533. The molecule has 2 atom stereocenters. The molecule has 1 aromatic rings. The average Bonchev–Trinajstić information content (AvgIpc) is 3.04. The highest BCUT2D eigenvalue weighted by Crippen LogP contribution is 2.36. The van der Waals surface area contributed by atoms with Gasteiger partial charge in [0.1, 0.15) is 11.7 Å². The molecule has 0 saturated carbocycles. The maximum absolute atomic E-state index is 12.7. The van der Waals surface area contributed by atoms with Gasteiger partial charge in [0.25, 0.3) is 5.69 Å². The minimum absolute atomic E-state index is 0.00991. The van der Waals surface area contributed by atoms with Crippen LogP contribution in [0.5, 0.6) is 0 Å². The van der Waals surface area contributed by atoms with Gasteiger partial charge >= 0.3 is 0 Å². The lowest BCUT2D eigenvalue weighted by Crippen LogP contribution is -2.41. The summed E-state index contributed by atoms with van der Waals surface area (Å²) in [6, 6.07) is 2.61. The number of nitrogens with zero attached hydrogens (tertiary/aromatic N) is 3. The number of ether oxygens (including phenoxy) is 1. The first-order valence-electron chi connectivity index (χ1n) is 8.32. The number of carbonyl (C=O) groups is 1. The SMILES string of the molecule is NC(=O)[C@@H]1C[C@@H](O)CN1c1ccc(S(=O)(=O)N2CCOCC2)cc1[N+](=O)[O-]. The fourth-order valence-corrected chi connectivity index (χ4v) is 4.77. The van der Waals surface area contributed by atoms with Crippen LogP contribution in [0.15, 0.2) is 23.1 Å². The van der Waals surface area contributed by atoms with E-state index in [1.807, 2.05) is 0 Å². The highest BCUT2D eigenvalue weighted by molar-refractivity contribution is 7.89. The van der Waals surface area contributed by atoms with E-state index in [1.54, 1.807) is 0 Å². The number of carbonyl (C=O) groups excluding carboxylic acids is 1.